The minimum atomic E-state index is 0.154. The van der Waals surface area contributed by atoms with Crippen molar-refractivity contribution in [3.8, 4) is 0 Å². The first-order valence-corrected chi connectivity index (χ1v) is 11.1. The van der Waals surface area contributed by atoms with E-state index in [2.05, 4.69) is 74.9 Å². The molecule has 152 valence electrons. The maximum absolute atomic E-state index is 4.75. The fourth-order valence-electron chi connectivity index (χ4n) is 4.02. The van der Waals surface area contributed by atoms with Gasteiger partial charge in [-0.2, -0.15) is 0 Å². The summed E-state index contributed by atoms with van der Waals surface area (Å²) in [5, 5.41) is 15.2. The van der Waals surface area contributed by atoms with Gasteiger partial charge in [0.1, 0.15) is 12.9 Å². The lowest BCUT2D eigenvalue weighted by molar-refractivity contribution is 0.291. The van der Waals surface area contributed by atoms with Gasteiger partial charge in [-0.15, -0.1) is 10.2 Å². The van der Waals surface area contributed by atoms with Gasteiger partial charge in [-0.05, 0) is 44.4 Å². The highest BCUT2D eigenvalue weighted by Gasteiger charge is 2.34. The Balaban J connectivity index is 1.75. The molecule has 1 aromatic heterocycles. The van der Waals surface area contributed by atoms with E-state index in [9.17, 15) is 0 Å². The van der Waals surface area contributed by atoms with Gasteiger partial charge in [0.2, 0.25) is 0 Å². The molecule has 0 radical (unpaired) electrons. The second-order valence-corrected chi connectivity index (χ2v) is 8.35. The molecule has 1 aliphatic carbocycles. The number of nitrogens with zero attached hydrogens (tertiary/aromatic N) is 4. The number of hydrogen-bond donors (Lipinski definition) is 2. The van der Waals surface area contributed by atoms with Gasteiger partial charge in [-0.25, -0.2) is 4.99 Å². The van der Waals surface area contributed by atoms with Gasteiger partial charge in [0.15, 0.2) is 11.8 Å². The molecule has 0 unspecified atom stereocenters. The molecule has 0 saturated heterocycles. The monoisotopic (exact) mass is 446 g/mol. The van der Waals surface area contributed by atoms with Crippen molar-refractivity contribution in [3.63, 3.8) is 0 Å². The topological polar surface area (TPSA) is 67.1 Å². The second kappa shape index (κ2) is 10.0. The van der Waals surface area contributed by atoms with E-state index in [4.69, 9.17) is 4.99 Å². The number of guanidine groups is 1. The van der Waals surface area contributed by atoms with Gasteiger partial charge in [-0.1, -0.05) is 47.3 Å². The molecule has 2 N–H and O–H groups in total. The summed E-state index contributed by atoms with van der Waals surface area (Å²) in [6.45, 7) is 7.27. The fourth-order valence-corrected chi connectivity index (χ4v) is 4.42. The van der Waals surface area contributed by atoms with Gasteiger partial charge >= 0.3 is 0 Å². The quantitative estimate of drug-likeness (QED) is 0.497. The van der Waals surface area contributed by atoms with Gasteiger partial charge in [0, 0.05) is 29.5 Å². The average Bonchev–Trinajstić information content (AvgIpc) is 3.18. The summed E-state index contributed by atoms with van der Waals surface area (Å²) in [6, 6.07) is 8.79. The number of nitrogens with one attached hydrogen (secondary N) is 2. The molecular weight excluding hydrogens is 416 g/mol. The predicted octanol–water partition coefficient (Wildman–Crippen LogP) is 4.02. The van der Waals surface area contributed by atoms with Gasteiger partial charge in [0.25, 0.3) is 0 Å². The standard InChI is InChI=1S/C21H31BrN6/c1-3-23-20(24-14-19-27-26-16-28(19)4-2)25-15-21(11-6-5-7-12-21)17-9-8-10-18(22)13-17/h8-10,13,16H,3-7,11-12,14-15H2,1-2H3,(H2,23,24,25). The number of hydrogen-bond acceptors (Lipinski definition) is 3. The zero-order valence-corrected chi connectivity index (χ0v) is 18.5. The van der Waals surface area contributed by atoms with Gasteiger partial charge < -0.3 is 15.2 Å². The summed E-state index contributed by atoms with van der Waals surface area (Å²) in [4.78, 5) is 4.75. The van der Waals surface area contributed by atoms with Crippen LogP contribution in [-0.4, -0.2) is 33.8 Å². The number of aromatic nitrogens is 3. The number of aryl methyl sites for hydroxylation is 1. The van der Waals surface area contributed by atoms with E-state index in [1.807, 2.05) is 4.57 Å². The Morgan fingerprint density at radius 3 is 2.75 bits per heavy atom. The third kappa shape index (κ3) is 5.13. The molecule has 1 aliphatic rings. The molecule has 3 rings (SSSR count). The van der Waals surface area contributed by atoms with E-state index in [1.165, 1.54) is 37.7 Å². The van der Waals surface area contributed by atoms with Crippen molar-refractivity contribution in [1.29, 1.82) is 0 Å². The molecule has 1 saturated carbocycles. The Morgan fingerprint density at radius 1 is 1.21 bits per heavy atom. The van der Waals surface area contributed by atoms with E-state index in [-0.39, 0.29) is 5.41 Å². The van der Waals surface area contributed by atoms with Crippen LogP contribution in [0.4, 0.5) is 0 Å². The van der Waals surface area contributed by atoms with Crippen LogP contribution in [0, 0.1) is 0 Å². The molecular formula is C21H31BrN6. The number of halogens is 1. The Hall–Kier alpha value is -1.89. The van der Waals surface area contributed by atoms with Crippen LogP contribution in [0.3, 0.4) is 0 Å². The van der Waals surface area contributed by atoms with Crippen LogP contribution in [0.25, 0.3) is 0 Å². The Morgan fingerprint density at radius 2 is 2.04 bits per heavy atom. The normalized spacial score (nSPS) is 16.8. The van der Waals surface area contributed by atoms with Crippen LogP contribution in [0.2, 0.25) is 0 Å². The smallest absolute Gasteiger partial charge is 0.191 e. The van der Waals surface area contributed by atoms with E-state index in [1.54, 1.807) is 6.33 Å². The molecule has 1 fully saturated rings. The summed E-state index contributed by atoms with van der Waals surface area (Å²) in [5.41, 5.74) is 1.57. The molecule has 0 spiro atoms. The summed E-state index contributed by atoms with van der Waals surface area (Å²) in [7, 11) is 0. The molecule has 7 heteroatoms. The Kier molecular flexibility index (Phi) is 7.48. The van der Waals surface area contributed by atoms with Crippen LogP contribution in [0.5, 0.6) is 0 Å². The maximum atomic E-state index is 4.75. The second-order valence-electron chi connectivity index (χ2n) is 7.43. The highest BCUT2D eigenvalue weighted by atomic mass is 79.9. The highest BCUT2D eigenvalue weighted by molar-refractivity contribution is 9.10. The number of benzene rings is 1. The maximum Gasteiger partial charge on any atom is 0.191 e. The lowest BCUT2D eigenvalue weighted by Crippen LogP contribution is -2.46. The van der Waals surface area contributed by atoms with Crippen molar-refractivity contribution in [1.82, 2.24) is 25.4 Å². The largest absolute Gasteiger partial charge is 0.357 e. The fraction of sp³-hybridized carbons (Fsp3) is 0.571. The zero-order chi connectivity index (χ0) is 19.8. The van der Waals surface area contributed by atoms with Crippen molar-refractivity contribution >= 4 is 21.9 Å². The van der Waals surface area contributed by atoms with Crippen molar-refractivity contribution in [2.45, 2.75) is 64.5 Å². The van der Waals surface area contributed by atoms with E-state index in [0.717, 1.165) is 35.9 Å². The van der Waals surface area contributed by atoms with Crippen LogP contribution in [0.1, 0.15) is 57.3 Å². The van der Waals surface area contributed by atoms with Crippen molar-refractivity contribution in [3.05, 3.63) is 46.5 Å². The molecule has 0 bridgehead atoms. The van der Waals surface area contributed by atoms with Gasteiger partial charge in [-0.3, -0.25) is 0 Å². The van der Waals surface area contributed by atoms with Crippen LogP contribution in [-0.2, 0) is 18.5 Å². The average molecular weight is 447 g/mol. The summed E-state index contributed by atoms with van der Waals surface area (Å²) < 4.78 is 3.17. The minimum absolute atomic E-state index is 0.154. The minimum Gasteiger partial charge on any atom is -0.357 e. The zero-order valence-electron chi connectivity index (χ0n) is 16.9. The van der Waals surface area contributed by atoms with Gasteiger partial charge in [0.05, 0.1) is 0 Å². The van der Waals surface area contributed by atoms with Crippen LogP contribution < -0.4 is 10.6 Å². The highest BCUT2D eigenvalue weighted by Crippen LogP contribution is 2.39. The number of rotatable bonds is 7. The summed E-state index contributed by atoms with van der Waals surface area (Å²) in [6.07, 6.45) is 8.06. The third-order valence-electron chi connectivity index (χ3n) is 5.60. The Labute approximate surface area is 176 Å². The molecule has 28 heavy (non-hydrogen) atoms. The summed E-state index contributed by atoms with van der Waals surface area (Å²) in [5.74, 6) is 1.73. The molecule has 0 aliphatic heterocycles. The molecule has 0 atom stereocenters. The van der Waals surface area contributed by atoms with Crippen molar-refractivity contribution in [2.75, 3.05) is 13.1 Å². The molecule has 2 aromatic rings. The van der Waals surface area contributed by atoms with E-state index >= 15 is 0 Å². The first-order valence-electron chi connectivity index (χ1n) is 10.3. The van der Waals surface area contributed by atoms with Crippen molar-refractivity contribution < 1.29 is 0 Å². The molecule has 6 nitrogen and oxygen atoms in total. The number of aliphatic imine (C=N–C) groups is 1. The molecule has 1 aromatic carbocycles. The SMILES string of the molecule is CCNC(=NCc1nncn1CC)NCC1(c2cccc(Br)c2)CCCCC1. The van der Waals surface area contributed by atoms with Crippen LogP contribution >= 0.6 is 15.9 Å². The predicted molar refractivity (Wildman–Crippen MR) is 117 cm³/mol. The molecule has 1 heterocycles. The van der Waals surface area contributed by atoms with E-state index in [0.29, 0.717) is 6.54 Å². The van der Waals surface area contributed by atoms with E-state index < -0.39 is 0 Å². The first kappa shape index (κ1) is 20.8. The third-order valence-corrected chi connectivity index (χ3v) is 6.09. The van der Waals surface area contributed by atoms with Crippen molar-refractivity contribution in [2.24, 2.45) is 4.99 Å². The lowest BCUT2D eigenvalue weighted by Gasteiger charge is -2.38. The van der Waals surface area contributed by atoms with Crippen LogP contribution in [0.15, 0.2) is 40.1 Å². The summed E-state index contributed by atoms with van der Waals surface area (Å²) >= 11 is 3.65. The first-order chi connectivity index (χ1) is 13.7. The Bertz CT molecular complexity index is 779. The lowest BCUT2D eigenvalue weighted by atomic mass is 9.69. The molecule has 0 amide bonds.